The van der Waals surface area contributed by atoms with Gasteiger partial charge >= 0.3 is 0 Å². The molecule has 0 saturated heterocycles. The van der Waals surface area contributed by atoms with Gasteiger partial charge < -0.3 is 15.0 Å². The van der Waals surface area contributed by atoms with Crippen molar-refractivity contribution in [3.05, 3.63) is 0 Å². The van der Waals surface area contributed by atoms with Gasteiger partial charge in [-0.15, -0.1) is 0 Å². The third-order valence-corrected chi connectivity index (χ3v) is 4.07. The maximum atomic E-state index is 11.7. The minimum Gasteiger partial charge on any atom is -0.372 e. The summed E-state index contributed by atoms with van der Waals surface area (Å²) in [5.74, 6) is 0.701. The van der Waals surface area contributed by atoms with Crippen LogP contribution in [-0.4, -0.2) is 50.7 Å². The Morgan fingerprint density at radius 1 is 1.33 bits per heavy atom. The van der Waals surface area contributed by atoms with Crippen molar-refractivity contribution in [3.63, 3.8) is 0 Å². The van der Waals surface area contributed by atoms with Crippen LogP contribution in [0.15, 0.2) is 0 Å². The average Bonchev–Trinajstić information content (AvgIpc) is 2.38. The number of nitrogens with zero attached hydrogens (tertiary/aromatic N) is 1. The second kappa shape index (κ2) is 7.74. The van der Waals surface area contributed by atoms with Gasteiger partial charge in [-0.3, -0.25) is 4.79 Å². The Hall–Kier alpha value is -0.610. The van der Waals surface area contributed by atoms with Crippen LogP contribution in [0.1, 0.15) is 39.0 Å². The normalized spacial score (nSPS) is 20.7. The lowest BCUT2D eigenvalue weighted by molar-refractivity contribution is -0.130. The number of hydrogen-bond donors (Lipinski definition) is 1. The van der Waals surface area contributed by atoms with Crippen LogP contribution in [0.3, 0.4) is 0 Å². The number of rotatable bonds is 6. The van der Waals surface area contributed by atoms with Gasteiger partial charge in [0.05, 0.1) is 0 Å². The van der Waals surface area contributed by atoms with Crippen LogP contribution in [0.4, 0.5) is 0 Å². The van der Waals surface area contributed by atoms with E-state index < -0.39 is 0 Å². The number of hydrogen-bond acceptors (Lipinski definition) is 3. The standard InChI is InChI=1S/C14H28N2O2/c1-11(18-4)14(17)15-10-13(16(2)3)12-8-6-5-7-9-12/h11-13H,5-10H2,1-4H3,(H,15,17)/t11-,13+/m1/s1. The molecular formula is C14H28N2O2. The molecule has 1 saturated carbocycles. The Morgan fingerprint density at radius 3 is 2.44 bits per heavy atom. The van der Waals surface area contributed by atoms with Crippen molar-refractivity contribution in [2.75, 3.05) is 27.7 Å². The van der Waals surface area contributed by atoms with Crippen LogP contribution in [0.2, 0.25) is 0 Å². The first kappa shape index (κ1) is 15.4. The second-order valence-corrected chi connectivity index (χ2v) is 5.55. The summed E-state index contributed by atoms with van der Waals surface area (Å²) in [4.78, 5) is 14.0. The number of carbonyl (C=O) groups excluding carboxylic acids is 1. The topological polar surface area (TPSA) is 41.6 Å². The molecule has 0 aromatic rings. The van der Waals surface area contributed by atoms with E-state index in [9.17, 15) is 4.79 Å². The fourth-order valence-corrected chi connectivity index (χ4v) is 2.75. The van der Waals surface area contributed by atoms with E-state index in [1.165, 1.54) is 32.1 Å². The van der Waals surface area contributed by atoms with E-state index in [-0.39, 0.29) is 12.0 Å². The zero-order valence-corrected chi connectivity index (χ0v) is 12.2. The van der Waals surface area contributed by atoms with Crippen molar-refractivity contribution >= 4 is 5.91 Å². The lowest BCUT2D eigenvalue weighted by Crippen LogP contribution is -2.47. The van der Waals surface area contributed by atoms with Crippen LogP contribution in [0.25, 0.3) is 0 Å². The summed E-state index contributed by atoms with van der Waals surface area (Å²) in [5.41, 5.74) is 0. The summed E-state index contributed by atoms with van der Waals surface area (Å²) < 4.78 is 5.02. The number of nitrogens with one attached hydrogen (secondary N) is 1. The first-order valence-corrected chi connectivity index (χ1v) is 7.03. The van der Waals surface area contributed by atoms with Crippen LogP contribution >= 0.6 is 0 Å². The third-order valence-electron chi connectivity index (χ3n) is 4.07. The Labute approximate surface area is 111 Å². The molecule has 0 bridgehead atoms. The summed E-state index contributed by atoms with van der Waals surface area (Å²) in [5, 5.41) is 3.01. The fourth-order valence-electron chi connectivity index (χ4n) is 2.75. The van der Waals surface area contributed by atoms with Crippen molar-refractivity contribution in [3.8, 4) is 0 Å². The number of carbonyl (C=O) groups is 1. The Morgan fingerprint density at radius 2 is 1.94 bits per heavy atom. The van der Waals surface area contributed by atoms with Gasteiger partial charge in [0.25, 0.3) is 0 Å². The van der Waals surface area contributed by atoms with Crippen molar-refractivity contribution in [1.29, 1.82) is 0 Å². The minimum atomic E-state index is -0.362. The lowest BCUT2D eigenvalue weighted by Gasteiger charge is -2.35. The largest absolute Gasteiger partial charge is 0.372 e. The molecule has 4 nitrogen and oxygen atoms in total. The molecular weight excluding hydrogens is 228 g/mol. The molecule has 4 heteroatoms. The van der Waals surface area contributed by atoms with Gasteiger partial charge in [-0.25, -0.2) is 0 Å². The number of likely N-dealkylation sites (N-methyl/N-ethyl adjacent to an activating group) is 1. The monoisotopic (exact) mass is 256 g/mol. The molecule has 0 aromatic carbocycles. The molecule has 0 aliphatic heterocycles. The van der Waals surface area contributed by atoms with E-state index >= 15 is 0 Å². The Balaban J connectivity index is 2.45. The molecule has 0 unspecified atom stereocenters. The van der Waals surface area contributed by atoms with Crippen LogP contribution < -0.4 is 5.32 Å². The molecule has 106 valence electrons. The van der Waals surface area contributed by atoms with Crippen LogP contribution in [0, 0.1) is 5.92 Å². The van der Waals surface area contributed by atoms with E-state index in [0.29, 0.717) is 12.0 Å². The van der Waals surface area contributed by atoms with E-state index in [0.717, 1.165) is 6.54 Å². The van der Waals surface area contributed by atoms with Gasteiger partial charge in [0.1, 0.15) is 6.10 Å². The van der Waals surface area contributed by atoms with E-state index in [1.807, 2.05) is 0 Å². The Bertz CT molecular complexity index is 250. The molecule has 0 radical (unpaired) electrons. The number of ether oxygens (including phenoxy) is 1. The highest BCUT2D eigenvalue weighted by Crippen LogP contribution is 2.28. The highest BCUT2D eigenvalue weighted by molar-refractivity contribution is 5.80. The van der Waals surface area contributed by atoms with E-state index in [2.05, 4.69) is 24.3 Å². The zero-order valence-electron chi connectivity index (χ0n) is 12.2. The highest BCUT2D eigenvalue weighted by atomic mass is 16.5. The van der Waals surface area contributed by atoms with Gasteiger partial charge in [0, 0.05) is 19.7 Å². The van der Waals surface area contributed by atoms with Gasteiger partial charge in [-0.05, 0) is 39.8 Å². The quantitative estimate of drug-likeness (QED) is 0.785. The highest BCUT2D eigenvalue weighted by Gasteiger charge is 2.26. The minimum absolute atomic E-state index is 0.0137. The summed E-state index contributed by atoms with van der Waals surface area (Å²) in [6.07, 6.45) is 6.24. The first-order chi connectivity index (χ1) is 8.56. The molecule has 1 fully saturated rings. The van der Waals surface area contributed by atoms with Crippen LogP contribution in [-0.2, 0) is 9.53 Å². The molecule has 0 spiro atoms. The van der Waals surface area contributed by atoms with Crippen LogP contribution in [0.5, 0.6) is 0 Å². The summed E-state index contributed by atoms with van der Waals surface area (Å²) in [6, 6.07) is 0.443. The predicted molar refractivity (Wildman–Crippen MR) is 73.5 cm³/mol. The number of amides is 1. The maximum Gasteiger partial charge on any atom is 0.248 e. The maximum absolute atomic E-state index is 11.7. The lowest BCUT2D eigenvalue weighted by atomic mass is 9.83. The summed E-state index contributed by atoms with van der Waals surface area (Å²) >= 11 is 0. The molecule has 2 atom stereocenters. The fraction of sp³-hybridized carbons (Fsp3) is 0.929. The van der Waals surface area contributed by atoms with Crippen molar-refractivity contribution in [1.82, 2.24) is 10.2 Å². The predicted octanol–water partition coefficient (Wildman–Crippen LogP) is 1.65. The van der Waals surface area contributed by atoms with Crippen molar-refractivity contribution in [2.24, 2.45) is 5.92 Å². The van der Waals surface area contributed by atoms with E-state index in [4.69, 9.17) is 4.74 Å². The third kappa shape index (κ3) is 4.58. The molecule has 1 N–H and O–H groups in total. The van der Waals surface area contributed by atoms with Gasteiger partial charge in [-0.1, -0.05) is 19.3 Å². The van der Waals surface area contributed by atoms with Crippen molar-refractivity contribution in [2.45, 2.75) is 51.2 Å². The molecule has 0 aromatic heterocycles. The van der Waals surface area contributed by atoms with Gasteiger partial charge in [0.2, 0.25) is 5.91 Å². The van der Waals surface area contributed by atoms with Gasteiger partial charge in [0.15, 0.2) is 0 Å². The smallest absolute Gasteiger partial charge is 0.248 e. The Kier molecular flexibility index (Phi) is 6.65. The first-order valence-electron chi connectivity index (χ1n) is 7.03. The molecule has 0 heterocycles. The number of methoxy groups -OCH3 is 1. The SMILES string of the molecule is CO[C@H](C)C(=O)NC[C@@H](C1CCCCC1)N(C)C. The molecule has 1 rings (SSSR count). The molecule has 1 amide bonds. The molecule has 1 aliphatic rings. The molecule has 18 heavy (non-hydrogen) atoms. The average molecular weight is 256 g/mol. The summed E-state index contributed by atoms with van der Waals surface area (Å²) in [7, 11) is 5.77. The van der Waals surface area contributed by atoms with Gasteiger partial charge in [-0.2, -0.15) is 0 Å². The summed E-state index contributed by atoms with van der Waals surface area (Å²) in [6.45, 7) is 2.50. The molecule has 1 aliphatic carbocycles. The van der Waals surface area contributed by atoms with E-state index in [1.54, 1.807) is 14.0 Å². The van der Waals surface area contributed by atoms with Crippen molar-refractivity contribution < 1.29 is 9.53 Å². The second-order valence-electron chi connectivity index (χ2n) is 5.55. The zero-order chi connectivity index (χ0) is 13.5.